The average Bonchev–Trinajstić information content (AvgIpc) is 2.07. The molecule has 2 aromatic rings. The first-order valence-electron chi connectivity index (χ1n) is 3.38. The second-order valence-electron chi connectivity index (χ2n) is 2.37. The SMILES string of the molecule is Oc1cnnc2c(Cl)cccc12. The molecule has 0 spiro atoms. The zero-order chi connectivity index (χ0) is 8.55. The smallest absolute Gasteiger partial charge is 0.145 e. The summed E-state index contributed by atoms with van der Waals surface area (Å²) in [5, 5.41) is 17.8. The predicted molar refractivity (Wildman–Crippen MR) is 46.2 cm³/mol. The Morgan fingerprint density at radius 1 is 1.33 bits per heavy atom. The van der Waals surface area contributed by atoms with Crippen molar-refractivity contribution in [2.24, 2.45) is 0 Å². The van der Waals surface area contributed by atoms with E-state index in [0.29, 0.717) is 15.9 Å². The van der Waals surface area contributed by atoms with Crippen LogP contribution in [0.4, 0.5) is 0 Å². The summed E-state index contributed by atoms with van der Waals surface area (Å²) >= 11 is 5.82. The first-order valence-corrected chi connectivity index (χ1v) is 3.76. The summed E-state index contributed by atoms with van der Waals surface area (Å²) < 4.78 is 0. The van der Waals surface area contributed by atoms with Gasteiger partial charge in [-0.25, -0.2) is 0 Å². The number of rotatable bonds is 0. The quantitative estimate of drug-likeness (QED) is 0.675. The molecule has 0 aliphatic carbocycles. The fourth-order valence-electron chi connectivity index (χ4n) is 1.03. The summed E-state index contributed by atoms with van der Waals surface area (Å²) in [5.74, 6) is 0.0995. The fraction of sp³-hybridized carbons (Fsp3) is 0. The van der Waals surface area contributed by atoms with Crippen LogP contribution in [0.1, 0.15) is 0 Å². The minimum atomic E-state index is 0.0995. The zero-order valence-corrected chi connectivity index (χ0v) is 6.78. The van der Waals surface area contributed by atoms with Crippen LogP contribution in [0.25, 0.3) is 10.9 Å². The maximum Gasteiger partial charge on any atom is 0.145 e. The Hall–Kier alpha value is -1.35. The van der Waals surface area contributed by atoms with E-state index < -0.39 is 0 Å². The van der Waals surface area contributed by atoms with Crippen LogP contribution in [0, 0.1) is 0 Å². The first-order chi connectivity index (χ1) is 5.79. The molecule has 4 heteroatoms. The predicted octanol–water partition coefficient (Wildman–Crippen LogP) is 1.99. The van der Waals surface area contributed by atoms with Gasteiger partial charge in [0.1, 0.15) is 11.3 Å². The number of hydrogen-bond acceptors (Lipinski definition) is 3. The third-order valence-corrected chi connectivity index (χ3v) is 1.91. The van der Waals surface area contributed by atoms with Crippen LogP contribution in [0.5, 0.6) is 5.75 Å². The highest BCUT2D eigenvalue weighted by Crippen LogP contribution is 2.26. The lowest BCUT2D eigenvalue weighted by Gasteiger charge is -1.98. The summed E-state index contributed by atoms with van der Waals surface area (Å²) in [6.45, 7) is 0. The molecule has 0 fully saturated rings. The standard InChI is InChI=1S/C8H5ClN2O/c9-6-3-1-2-5-7(12)4-10-11-8(5)6/h1-4H,(H,11,12). The Balaban J connectivity index is 2.94. The topological polar surface area (TPSA) is 46.0 Å². The highest BCUT2D eigenvalue weighted by Gasteiger charge is 2.03. The molecular formula is C8H5ClN2O. The minimum Gasteiger partial charge on any atom is -0.506 e. The van der Waals surface area contributed by atoms with Crippen molar-refractivity contribution in [1.29, 1.82) is 0 Å². The molecule has 0 atom stereocenters. The van der Waals surface area contributed by atoms with Gasteiger partial charge in [-0.3, -0.25) is 0 Å². The Labute approximate surface area is 73.6 Å². The van der Waals surface area contributed by atoms with Crippen molar-refractivity contribution in [3.8, 4) is 5.75 Å². The molecule has 0 saturated carbocycles. The van der Waals surface area contributed by atoms with Crippen LogP contribution >= 0.6 is 11.6 Å². The third kappa shape index (κ3) is 0.987. The molecule has 3 nitrogen and oxygen atoms in total. The van der Waals surface area contributed by atoms with E-state index in [9.17, 15) is 5.11 Å². The van der Waals surface area contributed by atoms with Crippen LogP contribution in [0.3, 0.4) is 0 Å². The number of hydrogen-bond donors (Lipinski definition) is 1. The van der Waals surface area contributed by atoms with E-state index in [1.54, 1.807) is 18.2 Å². The monoisotopic (exact) mass is 180 g/mol. The normalized spacial score (nSPS) is 10.4. The van der Waals surface area contributed by atoms with E-state index in [4.69, 9.17) is 11.6 Å². The summed E-state index contributed by atoms with van der Waals surface area (Å²) in [4.78, 5) is 0. The first kappa shape index (κ1) is 7.31. The van der Waals surface area contributed by atoms with Crippen LogP contribution in [-0.4, -0.2) is 15.3 Å². The molecule has 12 heavy (non-hydrogen) atoms. The number of fused-ring (bicyclic) bond motifs is 1. The number of aromatic nitrogens is 2. The van der Waals surface area contributed by atoms with Crippen molar-refractivity contribution < 1.29 is 5.11 Å². The molecule has 1 aromatic carbocycles. The van der Waals surface area contributed by atoms with Gasteiger partial charge in [0.25, 0.3) is 0 Å². The van der Waals surface area contributed by atoms with E-state index >= 15 is 0 Å². The summed E-state index contributed by atoms with van der Waals surface area (Å²) in [6, 6.07) is 5.20. The molecule has 0 amide bonds. The van der Waals surface area contributed by atoms with Gasteiger partial charge < -0.3 is 5.11 Å². The molecule has 1 heterocycles. The van der Waals surface area contributed by atoms with Crippen molar-refractivity contribution >= 4 is 22.5 Å². The summed E-state index contributed by atoms with van der Waals surface area (Å²) in [5.41, 5.74) is 0.527. The number of benzene rings is 1. The van der Waals surface area contributed by atoms with E-state index in [2.05, 4.69) is 10.2 Å². The van der Waals surface area contributed by atoms with E-state index in [1.165, 1.54) is 6.20 Å². The highest BCUT2D eigenvalue weighted by atomic mass is 35.5. The van der Waals surface area contributed by atoms with Crippen molar-refractivity contribution in [2.45, 2.75) is 0 Å². The fourth-order valence-corrected chi connectivity index (χ4v) is 1.25. The molecule has 0 radical (unpaired) electrons. The van der Waals surface area contributed by atoms with Gasteiger partial charge >= 0.3 is 0 Å². The average molecular weight is 181 g/mol. The van der Waals surface area contributed by atoms with Crippen molar-refractivity contribution in [1.82, 2.24) is 10.2 Å². The Morgan fingerprint density at radius 2 is 2.17 bits per heavy atom. The van der Waals surface area contributed by atoms with E-state index in [1.807, 2.05) is 0 Å². The number of halogens is 1. The maximum atomic E-state index is 9.33. The van der Waals surface area contributed by atoms with Gasteiger partial charge in [0.05, 0.1) is 11.2 Å². The highest BCUT2D eigenvalue weighted by molar-refractivity contribution is 6.35. The molecule has 0 saturated heterocycles. The lowest BCUT2D eigenvalue weighted by atomic mass is 10.2. The van der Waals surface area contributed by atoms with Gasteiger partial charge in [-0.1, -0.05) is 17.7 Å². The zero-order valence-electron chi connectivity index (χ0n) is 6.03. The second-order valence-corrected chi connectivity index (χ2v) is 2.77. The van der Waals surface area contributed by atoms with Gasteiger partial charge in [-0.2, -0.15) is 5.10 Å². The molecule has 1 N–H and O–H groups in total. The van der Waals surface area contributed by atoms with Crippen molar-refractivity contribution in [3.63, 3.8) is 0 Å². The van der Waals surface area contributed by atoms with Crippen LogP contribution in [-0.2, 0) is 0 Å². The second kappa shape index (κ2) is 2.60. The van der Waals surface area contributed by atoms with E-state index in [0.717, 1.165) is 0 Å². The number of aromatic hydroxyl groups is 1. The van der Waals surface area contributed by atoms with Crippen LogP contribution in [0.15, 0.2) is 24.4 Å². The molecule has 0 aliphatic heterocycles. The Kier molecular flexibility index (Phi) is 1.59. The maximum absolute atomic E-state index is 9.33. The largest absolute Gasteiger partial charge is 0.506 e. The lowest BCUT2D eigenvalue weighted by Crippen LogP contribution is -1.83. The van der Waals surface area contributed by atoms with Gasteiger partial charge in [0, 0.05) is 5.39 Å². The van der Waals surface area contributed by atoms with Gasteiger partial charge in [0.15, 0.2) is 0 Å². The van der Waals surface area contributed by atoms with Crippen molar-refractivity contribution in [2.75, 3.05) is 0 Å². The Morgan fingerprint density at radius 3 is 2.92 bits per heavy atom. The lowest BCUT2D eigenvalue weighted by molar-refractivity contribution is 0.478. The minimum absolute atomic E-state index is 0.0995. The summed E-state index contributed by atoms with van der Waals surface area (Å²) in [7, 11) is 0. The van der Waals surface area contributed by atoms with Gasteiger partial charge in [-0.05, 0) is 12.1 Å². The third-order valence-electron chi connectivity index (χ3n) is 1.60. The molecule has 2 rings (SSSR count). The van der Waals surface area contributed by atoms with Crippen LogP contribution in [0.2, 0.25) is 5.02 Å². The molecular weight excluding hydrogens is 176 g/mol. The molecule has 60 valence electrons. The molecule has 0 aliphatic rings. The summed E-state index contributed by atoms with van der Waals surface area (Å²) in [6.07, 6.45) is 1.29. The Bertz CT molecular complexity index is 389. The van der Waals surface area contributed by atoms with Gasteiger partial charge in [0.2, 0.25) is 0 Å². The molecule has 0 unspecified atom stereocenters. The van der Waals surface area contributed by atoms with E-state index in [-0.39, 0.29) is 5.75 Å². The molecule has 1 aromatic heterocycles. The van der Waals surface area contributed by atoms with Gasteiger partial charge in [-0.15, -0.1) is 5.10 Å². The van der Waals surface area contributed by atoms with Crippen LogP contribution < -0.4 is 0 Å². The number of nitrogens with zero attached hydrogens (tertiary/aromatic N) is 2. The molecule has 0 bridgehead atoms. The van der Waals surface area contributed by atoms with Crippen molar-refractivity contribution in [3.05, 3.63) is 29.4 Å².